The van der Waals surface area contributed by atoms with Crippen molar-refractivity contribution in [2.45, 2.75) is 97.4 Å². The quantitative estimate of drug-likeness (QED) is 0.0984. The molecule has 0 aliphatic heterocycles. The molecule has 0 rings (SSSR count). The van der Waals surface area contributed by atoms with Crippen molar-refractivity contribution in [3.05, 3.63) is 0 Å². The molecule has 0 aliphatic rings. The van der Waals surface area contributed by atoms with Crippen molar-refractivity contribution in [3.8, 4) is 0 Å². The van der Waals surface area contributed by atoms with Crippen molar-refractivity contribution < 1.29 is 150 Å². The van der Waals surface area contributed by atoms with Crippen LogP contribution in [-0.2, 0) is 20.2 Å². The maximum Gasteiger partial charge on any atom is 0.460 e. The molecule has 0 heterocycles. The molecule has 36 heteroatoms. The highest BCUT2D eigenvalue weighted by molar-refractivity contribution is 7.86. The smallest absolute Gasteiger partial charge is 0.394 e. The first-order valence-electron chi connectivity index (χ1n) is 12.3. The van der Waals surface area contributed by atoms with Crippen LogP contribution in [0.2, 0.25) is 0 Å². The summed E-state index contributed by atoms with van der Waals surface area (Å²) in [6.07, 6.45) is -21.6. The van der Waals surface area contributed by atoms with Crippen molar-refractivity contribution in [2.75, 3.05) is 18.1 Å². The molecule has 8 nitrogen and oxygen atoms in total. The highest BCUT2D eigenvalue weighted by Crippen LogP contribution is 2.62. The molecule has 0 amide bonds. The summed E-state index contributed by atoms with van der Waals surface area (Å²) < 4.78 is 384. The van der Waals surface area contributed by atoms with Crippen molar-refractivity contribution >= 4 is 20.2 Å². The van der Waals surface area contributed by atoms with Crippen molar-refractivity contribution in [3.63, 3.8) is 0 Å². The van der Waals surface area contributed by atoms with E-state index in [0.717, 1.165) is 0 Å². The maximum absolute atomic E-state index is 13.0. The van der Waals surface area contributed by atoms with Gasteiger partial charge in [0, 0.05) is 12.8 Å². The summed E-state index contributed by atoms with van der Waals surface area (Å²) in [6.45, 7) is 1.39. The number of aliphatic hydroxyl groups is 2. The van der Waals surface area contributed by atoms with Gasteiger partial charge in [0.25, 0.3) is 20.2 Å². The Labute approximate surface area is 286 Å². The van der Waals surface area contributed by atoms with Crippen LogP contribution in [0.5, 0.6) is 0 Å². The molecule has 0 aliphatic carbocycles. The van der Waals surface area contributed by atoms with Gasteiger partial charge in [0.2, 0.25) is 0 Å². The molecular weight excluding hydrogens is 914 g/mol. The Bertz CT molecular complexity index is 1360. The van der Waals surface area contributed by atoms with E-state index in [0.29, 0.717) is 0 Å². The minimum absolute atomic E-state index is 0.139. The molecule has 1 atom stereocenters. The molecule has 55 heavy (non-hydrogen) atoms. The van der Waals surface area contributed by atoms with Crippen LogP contribution in [0.3, 0.4) is 0 Å². The molecular formula is C19H18F26O8S2. The lowest BCUT2D eigenvalue weighted by Crippen LogP contribution is -2.70. The van der Waals surface area contributed by atoms with E-state index in [-0.39, 0.29) is 6.61 Å². The first-order chi connectivity index (χ1) is 23.2. The molecule has 0 aromatic carbocycles. The highest BCUT2D eigenvalue weighted by atomic mass is 32.2. The van der Waals surface area contributed by atoms with Gasteiger partial charge < -0.3 is 10.2 Å². The number of rotatable bonds is 15. The second kappa shape index (κ2) is 16.6. The second-order valence-corrected chi connectivity index (χ2v) is 13.2. The van der Waals surface area contributed by atoms with Gasteiger partial charge in [0.1, 0.15) is 0 Å². The fraction of sp³-hybridized carbons (Fsp3) is 1.00. The third kappa shape index (κ3) is 12.0. The van der Waals surface area contributed by atoms with Gasteiger partial charge in [-0.05, 0) is 6.92 Å². The topological polar surface area (TPSA) is 149 Å². The molecule has 336 valence electrons. The van der Waals surface area contributed by atoms with Gasteiger partial charge in [0.05, 0.1) is 24.2 Å². The molecule has 0 aromatic rings. The number of aliphatic hydroxyl groups excluding tert-OH is 2. The van der Waals surface area contributed by atoms with Crippen molar-refractivity contribution in [1.82, 2.24) is 0 Å². The van der Waals surface area contributed by atoms with Gasteiger partial charge in [0.15, 0.2) is 0 Å². The Balaban J connectivity index is -0.000000874. The molecule has 0 aromatic heterocycles. The minimum atomic E-state index is -8.04. The van der Waals surface area contributed by atoms with E-state index in [9.17, 15) is 131 Å². The maximum atomic E-state index is 13.0. The lowest BCUT2D eigenvalue weighted by Gasteiger charge is -2.39. The number of halogens is 26. The standard InChI is InChI=1S/2C8H5F13O3S.C3H8O2/c2*9-3(10,1-2-25(22,23)24)4(11,12)5(13,14)6(15,16)7(17,18)8(19,20)21;1-3(5)2-4/h2*1-2H2,(H,22,23,24);3-5H,2H2,1H3. The van der Waals surface area contributed by atoms with Gasteiger partial charge in [-0.2, -0.15) is 131 Å². The molecule has 0 fully saturated rings. The number of hydrogen-bond donors (Lipinski definition) is 4. The number of hydrogen-bond acceptors (Lipinski definition) is 6. The second-order valence-electron chi connectivity index (χ2n) is 10.1. The summed E-state index contributed by atoms with van der Waals surface area (Å²) >= 11 is 0. The van der Waals surface area contributed by atoms with Gasteiger partial charge in [-0.1, -0.05) is 0 Å². The van der Waals surface area contributed by atoms with E-state index in [1.54, 1.807) is 0 Å². The highest BCUT2D eigenvalue weighted by Gasteiger charge is 2.92. The minimum Gasteiger partial charge on any atom is -0.394 e. The van der Waals surface area contributed by atoms with Gasteiger partial charge in [-0.3, -0.25) is 9.11 Å². The fourth-order valence-corrected chi connectivity index (χ4v) is 3.46. The Morgan fingerprint density at radius 2 is 0.564 bits per heavy atom. The first-order valence-corrected chi connectivity index (χ1v) is 15.5. The predicted molar refractivity (Wildman–Crippen MR) is 122 cm³/mol. The summed E-state index contributed by atoms with van der Waals surface area (Å²) in [5.74, 6) is -80.7. The van der Waals surface area contributed by atoms with Crippen LogP contribution in [-0.4, -0.2) is 132 Å². The lowest BCUT2D eigenvalue weighted by molar-refractivity contribution is -0.439. The molecule has 0 bridgehead atoms. The van der Waals surface area contributed by atoms with Crippen LogP contribution in [0.1, 0.15) is 19.8 Å². The van der Waals surface area contributed by atoms with Crippen LogP contribution in [0.4, 0.5) is 114 Å². The average Bonchev–Trinajstić information content (AvgIpc) is 2.93. The van der Waals surface area contributed by atoms with E-state index >= 15 is 0 Å². The molecule has 0 radical (unpaired) electrons. The van der Waals surface area contributed by atoms with E-state index < -0.39 is 122 Å². The fourth-order valence-electron chi connectivity index (χ4n) is 2.43. The van der Waals surface area contributed by atoms with Crippen LogP contribution >= 0.6 is 0 Å². The summed E-state index contributed by atoms with van der Waals surface area (Å²) in [4.78, 5) is 0. The molecule has 0 spiro atoms. The summed E-state index contributed by atoms with van der Waals surface area (Å²) in [6, 6.07) is 0. The van der Waals surface area contributed by atoms with Crippen molar-refractivity contribution in [1.29, 1.82) is 0 Å². The van der Waals surface area contributed by atoms with Gasteiger partial charge in [-0.25, -0.2) is 0 Å². The lowest BCUT2D eigenvalue weighted by atomic mass is 9.93. The van der Waals surface area contributed by atoms with E-state index in [4.69, 9.17) is 19.3 Å². The average molecular weight is 932 g/mol. The zero-order chi connectivity index (χ0) is 46.1. The van der Waals surface area contributed by atoms with Gasteiger partial charge in [-0.15, -0.1) is 0 Å². The summed E-state index contributed by atoms with van der Waals surface area (Å²) in [5.41, 5.74) is 0. The van der Waals surface area contributed by atoms with Gasteiger partial charge >= 0.3 is 71.6 Å². The number of alkyl halides is 26. The van der Waals surface area contributed by atoms with E-state index in [2.05, 4.69) is 0 Å². The van der Waals surface area contributed by atoms with Crippen LogP contribution in [0.15, 0.2) is 0 Å². The zero-order valence-electron chi connectivity index (χ0n) is 25.2. The normalized spacial score (nSPS) is 16.1. The zero-order valence-corrected chi connectivity index (χ0v) is 26.8. The summed E-state index contributed by atoms with van der Waals surface area (Å²) in [7, 11) is -11.0. The molecule has 0 saturated carbocycles. The Hall–Kier alpha value is -2.08. The molecule has 0 saturated heterocycles. The predicted octanol–water partition coefficient (Wildman–Crippen LogP) is 7.37. The van der Waals surface area contributed by atoms with Crippen molar-refractivity contribution in [2.24, 2.45) is 0 Å². The van der Waals surface area contributed by atoms with E-state index in [1.165, 1.54) is 6.92 Å². The first kappa shape index (κ1) is 57.2. The van der Waals surface area contributed by atoms with Crippen LogP contribution < -0.4 is 0 Å². The monoisotopic (exact) mass is 932 g/mol. The Kier molecular flexibility index (Phi) is 17.3. The van der Waals surface area contributed by atoms with Crippen LogP contribution in [0.25, 0.3) is 0 Å². The molecule has 1 unspecified atom stereocenters. The summed E-state index contributed by atoms with van der Waals surface area (Å²) in [5, 5.41) is 16.0. The third-order valence-corrected chi connectivity index (χ3v) is 7.05. The Morgan fingerprint density at radius 3 is 0.691 bits per heavy atom. The SMILES string of the molecule is CC(O)CO.O=S(=O)(O)CCC(F)(F)C(F)(F)C(F)(F)C(F)(F)C(F)(F)C(F)(F)F.O=S(=O)(O)CCC(F)(F)C(F)(F)C(F)(F)C(F)(F)C(F)(F)C(F)(F)F. The van der Waals surface area contributed by atoms with E-state index in [1.807, 2.05) is 0 Å². The van der Waals surface area contributed by atoms with Crippen LogP contribution in [0, 0.1) is 0 Å². The molecule has 4 N–H and O–H groups in total. The Morgan fingerprint density at radius 1 is 0.400 bits per heavy atom. The third-order valence-electron chi connectivity index (χ3n) is 5.61. The largest absolute Gasteiger partial charge is 0.460 e.